The molecule has 2 aliphatic rings. The van der Waals surface area contributed by atoms with Crippen LogP contribution in [0.25, 0.3) is 11.0 Å². The fourth-order valence-corrected chi connectivity index (χ4v) is 2.86. The zero-order valence-corrected chi connectivity index (χ0v) is 11.0. The highest BCUT2D eigenvalue weighted by Crippen LogP contribution is 2.40. The van der Waals surface area contributed by atoms with Gasteiger partial charge in [0.05, 0.1) is 11.3 Å². The van der Waals surface area contributed by atoms with Gasteiger partial charge in [0.2, 0.25) is 0 Å². The molecule has 1 aliphatic carbocycles. The Labute approximate surface area is 115 Å². The van der Waals surface area contributed by atoms with Crippen molar-refractivity contribution in [3.63, 3.8) is 0 Å². The highest BCUT2D eigenvalue weighted by Gasteiger charge is 2.32. The van der Waals surface area contributed by atoms with Crippen molar-refractivity contribution < 1.29 is 9.90 Å². The second-order valence-corrected chi connectivity index (χ2v) is 5.69. The van der Waals surface area contributed by atoms with E-state index in [1.165, 1.54) is 0 Å². The monoisotopic (exact) mass is 272 g/mol. The highest BCUT2D eigenvalue weighted by atomic mass is 16.4. The predicted octanol–water partition coefficient (Wildman–Crippen LogP) is 1.75. The molecule has 1 aliphatic heterocycles. The number of hydrogen-bond donors (Lipinski definition) is 2. The lowest BCUT2D eigenvalue weighted by molar-refractivity contribution is -0.140. The summed E-state index contributed by atoms with van der Waals surface area (Å²) < 4.78 is 0. The van der Waals surface area contributed by atoms with Crippen molar-refractivity contribution in [2.75, 3.05) is 18.0 Å². The van der Waals surface area contributed by atoms with E-state index in [0.717, 1.165) is 42.1 Å². The molecule has 0 bridgehead atoms. The van der Waals surface area contributed by atoms with E-state index in [-0.39, 0.29) is 5.92 Å². The number of hydrogen-bond acceptors (Lipinski definition) is 4. The van der Waals surface area contributed by atoms with Gasteiger partial charge in [-0.2, -0.15) is 0 Å². The molecule has 1 saturated carbocycles. The molecule has 0 unspecified atom stereocenters. The van der Waals surface area contributed by atoms with Crippen LogP contribution in [0.2, 0.25) is 0 Å². The van der Waals surface area contributed by atoms with E-state index >= 15 is 0 Å². The van der Waals surface area contributed by atoms with Gasteiger partial charge in [0.1, 0.15) is 17.3 Å². The van der Waals surface area contributed by atoms with Crippen LogP contribution in [-0.4, -0.2) is 39.1 Å². The van der Waals surface area contributed by atoms with Crippen molar-refractivity contribution in [1.82, 2.24) is 15.0 Å². The third kappa shape index (κ3) is 1.83. The summed E-state index contributed by atoms with van der Waals surface area (Å²) in [5.41, 5.74) is 0.857. The number of fused-ring (bicyclic) bond motifs is 1. The van der Waals surface area contributed by atoms with Crippen LogP contribution in [0, 0.1) is 5.92 Å². The van der Waals surface area contributed by atoms with Crippen molar-refractivity contribution >= 4 is 22.8 Å². The molecule has 20 heavy (non-hydrogen) atoms. The van der Waals surface area contributed by atoms with E-state index in [1.54, 1.807) is 0 Å². The van der Waals surface area contributed by atoms with Gasteiger partial charge in [0.25, 0.3) is 0 Å². The zero-order valence-electron chi connectivity index (χ0n) is 11.0. The molecule has 2 N–H and O–H groups in total. The predicted molar refractivity (Wildman–Crippen MR) is 73.8 cm³/mol. The lowest BCUT2D eigenvalue weighted by Crippen LogP contribution is -2.24. The molecule has 4 rings (SSSR count). The normalized spacial score (nSPS) is 22.6. The van der Waals surface area contributed by atoms with Crippen LogP contribution >= 0.6 is 0 Å². The quantitative estimate of drug-likeness (QED) is 0.889. The second-order valence-electron chi connectivity index (χ2n) is 5.69. The van der Waals surface area contributed by atoms with Crippen molar-refractivity contribution in [3.8, 4) is 0 Å². The Morgan fingerprint density at radius 3 is 2.90 bits per heavy atom. The number of nitrogens with zero attached hydrogens (tertiary/aromatic N) is 3. The first kappa shape index (κ1) is 11.7. The number of aromatic nitrogens is 3. The van der Waals surface area contributed by atoms with E-state index in [2.05, 4.69) is 14.9 Å². The number of carboxylic acids is 1. The molecule has 1 saturated heterocycles. The molecule has 0 spiro atoms. The van der Waals surface area contributed by atoms with Crippen LogP contribution < -0.4 is 4.90 Å². The maximum Gasteiger partial charge on any atom is 0.308 e. The Morgan fingerprint density at radius 1 is 1.35 bits per heavy atom. The Kier molecular flexibility index (Phi) is 2.45. The summed E-state index contributed by atoms with van der Waals surface area (Å²) in [6, 6.07) is 1.97. The highest BCUT2D eigenvalue weighted by molar-refractivity contribution is 5.88. The maximum absolute atomic E-state index is 11.1. The van der Waals surface area contributed by atoms with Crippen LogP contribution in [0.5, 0.6) is 0 Å². The first-order valence-corrected chi connectivity index (χ1v) is 7.05. The standard InChI is InChI=1S/C14H16N4O2/c19-14(20)9-4-6-18(7-9)13-10-3-5-15-12(10)16-11(17-13)8-1-2-8/h3,5,8-9H,1-2,4,6-7H2,(H,19,20)(H,15,16,17)/t9-/m0/s1. The zero-order chi connectivity index (χ0) is 13.7. The average Bonchev–Trinajstić information content (AvgIpc) is 2.99. The number of carbonyl (C=O) groups is 1. The molecule has 6 heteroatoms. The maximum atomic E-state index is 11.1. The van der Waals surface area contributed by atoms with Gasteiger partial charge in [-0.3, -0.25) is 4.79 Å². The number of aliphatic carboxylic acids is 1. The summed E-state index contributed by atoms with van der Waals surface area (Å²) in [6.07, 6.45) is 4.86. The van der Waals surface area contributed by atoms with Crippen LogP contribution in [0.3, 0.4) is 0 Å². The van der Waals surface area contributed by atoms with Crippen LogP contribution in [0.4, 0.5) is 5.82 Å². The lowest BCUT2D eigenvalue weighted by Gasteiger charge is -2.18. The third-order valence-corrected chi connectivity index (χ3v) is 4.19. The van der Waals surface area contributed by atoms with E-state index in [4.69, 9.17) is 10.1 Å². The number of H-pyrrole nitrogens is 1. The van der Waals surface area contributed by atoms with E-state index in [9.17, 15) is 4.79 Å². The van der Waals surface area contributed by atoms with Gasteiger partial charge in [-0.15, -0.1) is 0 Å². The molecular formula is C14H16N4O2. The number of anilines is 1. The fourth-order valence-electron chi connectivity index (χ4n) is 2.86. The summed E-state index contributed by atoms with van der Waals surface area (Å²) in [7, 11) is 0. The molecule has 0 radical (unpaired) electrons. The minimum atomic E-state index is -0.714. The number of nitrogens with one attached hydrogen (secondary N) is 1. The number of aromatic amines is 1. The summed E-state index contributed by atoms with van der Waals surface area (Å²) in [5.74, 6) is 1.27. The molecule has 2 aromatic rings. The summed E-state index contributed by atoms with van der Waals surface area (Å²) in [5, 5.41) is 10.1. The second kappa shape index (κ2) is 4.19. The summed E-state index contributed by atoms with van der Waals surface area (Å²) in [6.45, 7) is 1.29. The molecule has 2 fully saturated rings. The lowest BCUT2D eigenvalue weighted by atomic mass is 10.1. The van der Waals surface area contributed by atoms with Gasteiger partial charge in [0, 0.05) is 25.2 Å². The van der Waals surface area contributed by atoms with E-state index in [1.807, 2.05) is 12.3 Å². The van der Waals surface area contributed by atoms with E-state index in [0.29, 0.717) is 18.9 Å². The average molecular weight is 272 g/mol. The molecule has 1 atom stereocenters. The minimum Gasteiger partial charge on any atom is -0.481 e. The Balaban J connectivity index is 1.74. The topological polar surface area (TPSA) is 82.1 Å². The van der Waals surface area contributed by atoms with Gasteiger partial charge in [-0.25, -0.2) is 9.97 Å². The molecule has 0 aromatic carbocycles. The van der Waals surface area contributed by atoms with Crippen molar-refractivity contribution in [3.05, 3.63) is 18.1 Å². The third-order valence-electron chi connectivity index (χ3n) is 4.19. The van der Waals surface area contributed by atoms with Crippen LogP contribution in [-0.2, 0) is 4.79 Å². The molecule has 6 nitrogen and oxygen atoms in total. The molecular weight excluding hydrogens is 256 g/mol. The van der Waals surface area contributed by atoms with Gasteiger partial charge < -0.3 is 15.0 Å². The fraction of sp³-hybridized carbons (Fsp3) is 0.500. The van der Waals surface area contributed by atoms with Gasteiger partial charge >= 0.3 is 5.97 Å². The van der Waals surface area contributed by atoms with Crippen molar-refractivity contribution in [2.24, 2.45) is 5.92 Å². The van der Waals surface area contributed by atoms with Crippen molar-refractivity contribution in [1.29, 1.82) is 0 Å². The first-order valence-electron chi connectivity index (χ1n) is 7.05. The molecule has 104 valence electrons. The SMILES string of the molecule is O=C(O)[C@H]1CCN(c2nc(C3CC3)nc3[nH]ccc23)C1. The minimum absolute atomic E-state index is 0.289. The van der Waals surface area contributed by atoms with Gasteiger partial charge in [-0.05, 0) is 25.3 Å². The Morgan fingerprint density at radius 2 is 2.20 bits per heavy atom. The van der Waals surface area contributed by atoms with Gasteiger partial charge in [-0.1, -0.05) is 0 Å². The molecule has 3 heterocycles. The van der Waals surface area contributed by atoms with E-state index < -0.39 is 5.97 Å². The summed E-state index contributed by atoms with van der Waals surface area (Å²) >= 11 is 0. The Bertz CT molecular complexity index is 677. The molecule has 0 amide bonds. The summed E-state index contributed by atoms with van der Waals surface area (Å²) in [4.78, 5) is 25.6. The largest absolute Gasteiger partial charge is 0.481 e. The number of carboxylic acid groups (broad SMARTS) is 1. The van der Waals surface area contributed by atoms with Crippen LogP contribution in [0.1, 0.15) is 31.0 Å². The molecule has 2 aromatic heterocycles. The smallest absolute Gasteiger partial charge is 0.308 e. The Hall–Kier alpha value is -2.11. The van der Waals surface area contributed by atoms with Crippen LogP contribution in [0.15, 0.2) is 12.3 Å². The van der Waals surface area contributed by atoms with Crippen molar-refractivity contribution in [2.45, 2.75) is 25.2 Å². The first-order chi connectivity index (χ1) is 9.72. The number of rotatable bonds is 3. The van der Waals surface area contributed by atoms with Gasteiger partial charge in [0.15, 0.2) is 0 Å².